The molecule has 0 fully saturated rings. The second-order valence-corrected chi connectivity index (χ2v) is 7.85. The molecular formula is C16H16ClN3O4S. The molecule has 0 radical (unpaired) electrons. The number of carbonyl (C=O) groups is 1. The minimum absolute atomic E-state index is 0.224. The minimum atomic E-state index is -3.38. The predicted octanol–water partition coefficient (Wildman–Crippen LogP) is 3.00. The number of carbonyl (C=O) groups excluding carboxylic acids is 1. The van der Waals surface area contributed by atoms with Gasteiger partial charge in [-0.05, 0) is 41.4 Å². The Labute approximate surface area is 150 Å². The molecule has 1 amide bonds. The molecule has 0 spiro atoms. The molecule has 25 heavy (non-hydrogen) atoms. The molecule has 1 atom stereocenters. The van der Waals surface area contributed by atoms with Crippen molar-refractivity contribution in [1.29, 1.82) is 0 Å². The monoisotopic (exact) mass is 381 g/mol. The first-order valence-electron chi connectivity index (χ1n) is 7.44. The van der Waals surface area contributed by atoms with Crippen LogP contribution in [0.3, 0.4) is 0 Å². The number of nitrogens with one attached hydrogen (secondary N) is 1. The molecule has 132 valence electrons. The Balaban J connectivity index is 1.91. The lowest BCUT2D eigenvalue weighted by molar-refractivity contribution is -0.130. The largest absolute Gasteiger partial charge is 0.447 e. The van der Waals surface area contributed by atoms with Gasteiger partial charge in [-0.3, -0.25) is 9.52 Å². The molecule has 2 heterocycles. The van der Waals surface area contributed by atoms with Crippen LogP contribution >= 0.6 is 11.6 Å². The number of amides is 1. The van der Waals surface area contributed by atoms with Crippen molar-refractivity contribution in [2.45, 2.75) is 19.4 Å². The van der Waals surface area contributed by atoms with Crippen molar-refractivity contribution in [3.05, 3.63) is 52.9 Å². The van der Waals surface area contributed by atoms with Crippen LogP contribution in [-0.2, 0) is 14.8 Å². The summed E-state index contributed by atoms with van der Waals surface area (Å²) in [5.41, 5.74) is 1.81. The number of nitrogens with zero attached hydrogens (tertiary/aromatic N) is 2. The Hall–Kier alpha value is -2.32. The van der Waals surface area contributed by atoms with E-state index in [2.05, 4.69) is 9.82 Å². The van der Waals surface area contributed by atoms with E-state index in [1.165, 1.54) is 11.9 Å². The van der Waals surface area contributed by atoms with E-state index >= 15 is 0 Å². The highest BCUT2D eigenvalue weighted by molar-refractivity contribution is 7.92. The molecule has 2 aromatic rings. The summed E-state index contributed by atoms with van der Waals surface area (Å²) in [6, 6.07) is 9.80. The van der Waals surface area contributed by atoms with Crippen LogP contribution in [0.2, 0.25) is 5.22 Å². The van der Waals surface area contributed by atoms with Gasteiger partial charge in [0.2, 0.25) is 15.9 Å². The molecular weight excluding hydrogens is 366 g/mol. The van der Waals surface area contributed by atoms with Crippen molar-refractivity contribution in [1.82, 2.24) is 5.01 Å². The Bertz CT molecular complexity index is 952. The molecule has 0 unspecified atom stereocenters. The van der Waals surface area contributed by atoms with Gasteiger partial charge in [0.05, 0.1) is 12.0 Å². The van der Waals surface area contributed by atoms with E-state index in [0.29, 0.717) is 23.6 Å². The maximum atomic E-state index is 11.9. The number of halogens is 1. The van der Waals surface area contributed by atoms with E-state index in [9.17, 15) is 13.2 Å². The third-order valence-electron chi connectivity index (χ3n) is 3.65. The molecule has 1 N–H and O–H groups in total. The van der Waals surface area contributed by atoms with Crippen molar-refractivity contribution >= 4 is 38.9 Å². The van der Waals surface area contributed by atoms with Crippen LogP contribution < -0.4 is 4.72 Å². The third-order valence-corrected chi connectivity index (χ3v) is 4.46. The van der Waals surface area contributed by atoms with Crippen LogP contribution in [0.5, 0.6) is 0 Å². The molecule has 1 aliphatic heterocycles. The smallest absolute Gasteiger partial charge is 0.240 e. The number of furan rings is 1. The van der Waals surface area contributed by atoms with Gasteiger partial charge in [-0.1, -0.05) is 12.1 Å². The Morgan fingerprint density at radius 3 is 2.72 bits per heavy atom. The number of rotatable bonds is 4. The van der Waals surface area contributed by atoms with E-state index in [1.807, 2.05) is 6.07 Å². The lowest BCUT2D eigenvalue weighted by atomic mass is 10.0. The first-order chi connectivity index (χ1) is 11.7. The van der Waals surface area contributed by atoms with E-state index < -0.39 is 10.0 Å². The molecule has 0 saturated heterocycles. The molecule has 7 nitrogen and oxygen atoms in total. The summed E-state index contributed by atoms with van der Waals surface area (Å²) in [5, 5.41) is 5.97. The second kappa shape index (κ2) is 6.53. The number of benzene rings is 1. The van der Waals surface area contributed by atoms with Crippen molar-refractivity contribution in [2.24, 2.45) is 5.10 Å². The molecule has 0 aliphatic carbocycles. The fraction of sp³-hybridized carbons (Fsp3) is 0.250. The summed E-state index contributed by atoms with van der Waals surface area (Å²) < 4.78 is 30.6. The highest BCUT2D eigenvalue weighted by Crippen LogP contribution is 2.34. The number of hydrogen-bond acceptors (Lipinski definition) is 5. The van der Waals surface area contributed by atoms with E-state index in [0.717, 1.165) is 11.8 Å². The zero-order valence-electron chi connectivity index (χ0n) is 13.6. The molecule has 1 aliphatic rings. The van der Waals surface area contributed by atoms with Gasteiger partial charge < -0.3 is 4.42 Å². The number of hydrazone groups is 1. The zero-order chi connectivity index (χ0) is 18.2. The van der Waals surface area contributed by atoms with Crippen molar-refractivity contribution < 1.29 is 17.6 Å². The molecule has 0 bridgehead atoms. The van der Waals surface area contributed by atoms with Gasteiger partial charge in [0.15, 0.2) is 5.22 Å². The maximum absolute atomic E-state index is 11.9. The summed E-state index contributed by atoms with van der Waals surface area (Å²) >= 11 is 5.83. The summed E-state index contributed by atoms with van der Waals surface area (Å²) in [6.07, 6.45) is 1.52. The maximum Gasteiger partial charge on any atom is 0.240 e. The summed E-state index contributed by atoms with van der Waals surface area (Å²) in [4.78, 5) is 11.9. The van der Waals surface area contributed by atoms with E-state index in [4.69, 9.17) is 16.0 Å². The van der Waals surface area contributed by atoms with E-state index in [-0.39, 0.29) is 17.2 Å². The van der Waals surface area contributed by atoms with Crippen LogP contribution in [0.4, 0.5) is 5.69 Å². The fourth-order valence-corrected chi connectivity index (χ4v) is 3.39. The van der Waals surface area contributed by atoms with Crippen LogP contribution in [0.15, 0.2) is 45.9 Å². The summed E-state index contributed by atoms with van der Waals surface area (Å²) in [7, 11) is -3.38. The van der Waals surface area contributed by atoms with Gasteiger partial charge in [0.25, 0.3) is 0 Å². The number of sulfonamides is 1. The normalized spacial score (nSPS) is 17.5. The average Bonchev–Trinajstić information content (AvgIpc) is 3.11. The quantitative estimate of drug-likeness (QED) is 0.881. The van der Waals surface area contributed by atoms with Crippen LogP contribution in [0, 0.1) is 0 Å². The predicted molar refractivity (Wildman–Crippen MR) is 95.0 cm³/mol. The van der Waals surface area contributed by atoms with Crippen LogP contribution in [0.1, 0.15) is 30.7 Å². The average molecular weight is 382 g/mol. The van der Waals surface area contributed by atoms with Gasteiger partial charge in [0, 0.05) is 19.0 Å². The van der Waals surface area contributed by atoms with Gasteiger partial charge in [-0.2, -0.15) is 5.10 Å². The zero-order valence-corrected chi connectivity index (χ0v) is 15.1. The fourth-order valence-electron chi connectivity index (χ4n) is 2.68. The van der Waals surface area contributed by atoms with Crippen molar-refractivity contribution in [3.63, 3.8) is 0 Å². The number of hydrogen-bond donors (Lipinski definition) is 1. The lowest BCUT2D eigenvalue weighted by Gasteiger charge is -2.17. The minimum Gasteiger partial charge on any atom is -0.447 e. The van der Waals surface area contributed by atoms with Gasteiger partial charge in [-0.25, -0.2) is 13.4 Å². The molecule has 9 heteroatoms. The SMILES string of the molecule is CC(=O)N1N=C(c2cccc(NS(C)(=O)=O)c2)C[C@@H]1c1ccc(Cl)o1. The molecule has 0 saturated carbocycles. The molecule has 3 rings (SSSR count). The third kappa shape index (κ3) is 4.02. The van der Waals surface area contributed by atoms with Gasteiger partial charge in [-0.15, -0.1) is 0 Å². The topological polar surface area (TPSA) is 92.0 Å². The Morgan fingerprint density at radius 2 is 2.12 bits per heavy atom. The first kappa shape index (κ1) is 17.5. The summed E-state index contributed by atoms with van der Waals surface area (Å²) in [5.74, 6) is 0.322. The Morgan fingerprint density at radius 1 is 1.36 bits per heavy atom. The number of anilines is 1. The highest BCUT2D eigenvalue weighted by Gasteiger charge is 2.33. The van der Waals surface area contributed by atoms with Gasteiger partial charge in [0.1, 0.15) is 11.8 Å². The lowest BCUT2D eigenvalue weighted by Crippen LogP contribution is -2.23. The Kier molecular flexibility index (Phi) is 4.57. The first-order valence-corrected chi connectivity index (χ1v) is 9.70. The van der Waals surface area contributed by atoms with E-state index in [1.54, 1.807) is 30.3 Å². The molecule has 1 aromatic heterocycles. The summed E-state index contributed by atoms with van der Waals surface area (Å²) in [6.45, 7) is 1.42. The van der Waals surface area contributed by atoms with Crippen molar-refractivity contribution in [3.8, 4) is 0 Å². The standard InChI is InChI=1S/C16H16ClN3O4S/c1-10(21)20-14(15-6-7-16(17)24-15)9-13(18-20)11-4-3-5-12(8-11)19-25(2,22)23/h3-8,14,19H,9H2,1-2H3/t14-/m1/s1. The molecule has 1 aromatic carbocycles. The van der Waals surface area contributed by atoms with Crippen molar-refractivity contribution in [2.75, 3.05) is 11.0 Å². The van der Waals surface area contributed by atoms with Crippen LogP contribution in [-0.4, -0.2) is 31.3 Å². The highest BCUT2D eigenvalue weighted by atomic mass is 35.5. The van der Waals surface area contributed by atoms with Gasteiger partial charge >= 0.3 is 0 Å². The second-order valence-electron chi connectivity index (χ2n) is 5.73. The van der Waals surface area contributed by atoms with Crippen LogP contribution in [0.25, 0.3) is 0 Å².